The van der Waals surface area contributed by atoms with Crippen molar-refractivity contribution >= 4 is 0 Å². The van der Waals surface area contributed by atoms with Crippen LogP contribution in [0.4, 0.5) is 0 Å². The van der Waals surface area contributed by atoms with Gasteiger partial charge in [0.05, 0.1) is 0 Å². The quantitative estimate of drug-likeness (QED) is 0.368. The molecular weight excluding hydrogens is 194 g/mol. The van der Waals surface area contributed by atoms with Gasteiger partial charge in [0.25, 0.3) is 0 Å². The third-order valence-corrected chi connectivity index (χ3v) is 0.561. The topological polar surface area (TPSA) is 52.4 Å². The van der Waals surface area contributed by atoms with Crippen LogP contribution in [-0.2, 0) is 25.9 Å². The number of nitrogens with zero attached hydrogens (tertiary/aromatic N) is 1. The molecule has 0 rings (SSSR count). The Labute approximate surface area is 52.9 Å². The maximum absolute atomic E-state index is 9.32. The molecule has 0 amide bonds. The first-order valence-corrected chi connectivity index (χ1v) is 2.60. The van der Waals surface area contributed by atoms with Gasteiger partial charge in [0.1, 0.15) is 0 Å². The van der Waals surface area contributed by atoms with E-state index in [1.165, 1.54) is 0 Å². The Bertz CT molecular complexity index is 66.0. The zero-order valence-corrected chi connectivity index (χ0v) is 4.87. The fourth-order valence-electron chi connectivity index (χ4n) is 0.102. The van der Waals surface area contributed by atoms with Crippen LogP contribution in [0.5, 0.6) is 0 Å². The average Bonchev–Trinajstić information content (AvgIpc) is 1.61. The van der Waals surface area contributed by atoms with Crippen LogP contribution in [0.2, 0.25) is 4.64 Å². The van der Waals surface area contributed by atoms with E-state index in [4.69, 9.17) is 0 Å². The molecule has 0 N–H and O–H groups in total. The van der Waals surface area contributed by atoms with Crippen molar-refractivity contribution in [3.63, 3.8) is 0 Å². The zero-order chi connectivity index (χ0) is 5.70. The monoisotopic (exact) mass is 197 g/mol. The van der Waals surface area contributed by atoms with Gasteiger partial charge in [-0.3, -0.25) is 0 Å². The fourth-order valence-corrected chi connectivity index (χ4v) is 0.237. The van der Waals surface area contributed by atoms with Crippen LogP contribution in [0.3, 0.4) is 0 Å². The van der Waals surface area contributed by atoms with Gasteiger partial charge >= 0.3 is 52.4 Å². The molecule has 5 heteroatoms. The van der Waals surface area contributed by atoms with Crippen molar-refractivity contribution in [3.05, 3.63) is 10.1 Å². The minimum absolute atomic E-state index is 0.117. The van der Waals surface area contributed by atoms with Crippen molar-refractivity contribution in [1.82, 2.24) is 0 Å². The number of hydrogen-bond donors (Lipinski definition) is 0. The molecule has 4 nitrogen and oxygen atoms in total. The third-order valence-electron chi connectivity index (χ3n) is 0.258. The zero-order valence-electron chi connectivity index (χ0n) is 3.39. The van der Waals surface area contributed by atoms with E-state index in [0.29, 0.717) is 4.64 Å². The Morgan fingerprint density at radius 2 is 2.43 bits per heavy atom. The van der Waals surface area contributed by atoms with Crippen molar-refractivity contribution in [2.75, 3.05) is 6.61 Å². The molecule has 0 aliphatic carbocycles. The summed E-state index contributed by atoms with van der Waals surface area (Å²) in [6.45, 7) is 0.117. The van der Waals surface area contributed by atoms with Gasteiger partial charge in [-0.1, -0.05) is 0 Å². The average molecular weight is 198 g/mol. The Hall–Kier alpha value is -0.0597. The predicted octanol–water partition coefficient (Wildman–Crippen LogP) is 0.160. The van der Waals surface area contributed by atoms with Crippen molar-refractivity contribution in [2.45, 2.75) is 4.64 Å². The summed E-state index contributed by atoms with van der Waals surface area (Å²) < 4.78 is 0.492. The summed E-state index contributed by atoms with van der Waals surface area (Å²) in [5.41, 5.74) is 0. The molecule has 0 bridgehead atoms. The first kappa shape index (κ1) is 6.94. The molecule has 0 spiro atoms. The van der Waals surface area contributed by atoms with Gasteiger partial charge in [-0.25, -0.2) is 0 Å². The van der Waals surface area contributed by atoms with E-state index < -0.39 is 5.09 Å². The van der Waals surface area contributed by atoms with Gasteiger partial charge in [-0.15, -0.1) is 0 Å². The standard InChI is InChI=1S/C2H4NO3.Ag/c1-2-6-3(4)5;/h1-2H2;. The second-order valence-electron chi connectivity index (χ2n) is 0.708. The summed E-state index contributed by atoms with van der Waals surface area (Å²) in [6, 6.07) is 0. The molecule has 0 aromatic heterocycles. The molecule has 0 aromatic rings. The molecule has 0 radical (unpaired) electrons. The van der Waals surface area contributed by atoms with E-state index in [-0.39, 0.29) is 6.61 Å². The Morgan fingerprint density at radius 3 is 2.57 bits per heavy atom. The SMILES string of the molecule is O=[N+]([O-])OC[CH2][Ag]. The summed E-state index contributed by atoms with van der Waals surface area (Å²) >= 11 is 2.96. The molecule has 0 aliphatic rings. The molecule has 0 atom stereocenters. The van der Waals surface area contributed by atoms with E-state index in [1.807, 2.05) is 0 Å². The van der Waals surface area contributed by atoms with E-state index in [2.05, 4.69) is 25.9 Å². The molecule has 0 saturated heterocycles. The van der Waals surface area contributed by atoms with Gasteiger partial charge in [-0.2, -0.15) is 0 Å². The van der Waals surface area contributed by atoms with Crippen LogP contribution in [0, 0.1) is 10.1 Å². The summed E-state index contributed by atoms with van der Waals surface area (Å²) in [4.78, 5) is 13.2. The number of hydrogen-bond acceptors (Lipinski definition) is 3. The second kappa shape index (κ2) is 4.11. The molecule has 0 saturated carbocycles. The first-order chi connectivity index (χ1) is 3.27. The van der Waals surface area contributed by atoms with Crippen LogP contribution in [0.25, 0.3) is 0 Å². The van der Waals surface area contributed by atoms with Gasteiger partial charge in [-0.05, 0) is 0 Å². The third kappa shape index (κ3) is 5.94. The van der Waals surface area contributed by atoms with E-state index in [9.17, 15) is 10.1 Å². The van der Waals surface area contributed by atoms with Crippen molar-refractivity contribution in [2.24, 2.45) is 0 Å². The Morgan fingerprint density at radius 1 is 1.86 bits per heavy atom. The normalized spacial score (nSPS) is 8.29. The second-order valence-corrected chi connectivity index (χ2v) is 1.45. The maximum atomic E-state index is 9.32. The molecule has 46 valence electrons. The first-order valence-electron chi connectivity index (χ1n) is 1.55. The van der Waals surface area contributed by atoms with Crippen LogP contribution in [0.1, 0.15) is 0 Å². The summed E-state index contributed by atoms with van der Waals surface area (Å²) in [6.07, 6.45) is 0. The van der Waals surface area contributed by atoms with Gasteiger partial charge < -0.3 is 0 Å². The molecule has 0 heterocycles. The van der Waals surface area contributed by atoms with Crippen molar-refractivity contribution in [1.29, 1.82) is 0 Å². The Balaban J connectivity index is 2.82. The summed E-state index contributed by atoms with van der Waals surface area (Å²) in [5.74, 6) is 0. The molecule has 7 heavy (non-hydrogen) atoms. The van der Waals surface area contributed by atoms with Crippen LogP contribution in [-0.4, -0.2) is 11.7 Å². The van der Waals surface area contributed by atoms with Crippen LogP contribution < -0.4 is 0 Å². The van der Waals surface area contributed by atoms with Crippen molar-refractivity contribution < 1.29 is 31.0 Å². The molecule has 0 aromatic carbocycles. The molecule has 0 aliphatic heterocycles. The molecule has 0 fully saturated rings. The van der Waals surface area contributed by atoms with Crippen molar-refractivity contribution in [3.8, 4) is 0 Å². The number of rotatable bonds is 3. The summed E-state index contributed by atoms with van der Waals surface area (Å²) in [5, 5.41) is 8.50. The Kier molecular flexibility index (Phi) is 4.07. The molecular formula is C2H4AgNO3. The minimum atomic E-state index is -0.819. The van der Waals surface area contributed by atoms with Gasteiger partial charge in [0.2, 0.25) is 0 Å². The summed E-state index contributed by atoms with van der Waals surface area (Å²) in [7, 11) is 0. The fraction of sp³-hybridized carbons (Fsp3) is 1.00. The van der Waals surface area contributed by atoms with E-state index in [1.54, 1.807) is 0 Å². The van der Waals surface area contributed by atoms with Crippen LogP contribution in [0.15, 0.2) is 0 Å². The van der Waals surface area contributed by atoms with Gasteiger partial charge in [0, 0.05) is 0 Å². The van der Waals surface area contributed by atoms with E-state index >= 15 is 0 Å². The van der Waals surface area contributed by atoms with Gasteiger partial charge in [0.15, 0.2) is 0 Å². The predicted molar refractivity (Wildman–Crippen MR) is 17.8 cm³/mol. The molecule has 0 unspecified atom stereocenters. The van der Waals surface area contributed by atoms with Crippen LogP contribution >= 0.6 is 0 Å². The van der Waals surface area contributed by atoms with E-state index in [0.717, 1.165) is 0 Å².